The molecule has 0 heterocycles. The van der Waals surface area contributed by atoms with E-state index in [0.717, 1.165) is 6.42 Å². The lowest BCUT2D eigenvalue weighted by atomic mass is 9.76. The van der Waals surface area contributed by atoms with Crippen molar-refractivity contribution in [3.8, 4) is 0 Å². The summed E-state index contributed by atoms with van der Waals surface area (Å²) in [4.78, 5) is 0. The monoisotopic (exact) mass is 245 g/mol. The van der Waals surface area contributed by atoms with Gasteiger partial charge in [0.25, 0.3) is 0 Å². The average Bonchev–Trinajstić information content (AvgIpc) is 2.63. The van der Waals surface area contributed by atoms with Gasteiger partial charge in [-0.05, 0) is 62.1 Å². The van der Waals surface area contributed by atoms with Gasteiger partial charge in [-0.1, -0.05) is 24.3 Å². The summed E-state index contributed by atoms with van der Waals surface area (Å²) in [6, 6.07) is 8.89. The van der Waals surface area contributed by atoms with E-state index in [-0.39, 0.29) is 5.54 Å². The van der Waals surface area contributed by atoms with Gasteiger partial charge < -0.3 is 10.4 Å². The zero-order valence-corrected chi connectivity index (χ0v) is 11.2. The number of fused-ring (bicyclic) bond motifs is 3. The lowest BCUT2D eigenvalue weighted by molar-refractivity contribution is 0.141. The molecule has 2 aliphatic carbocycles. The van der Waals surface area contributed by atoms with Crippen LogP contribution < -0.4 is 5.32 Å². The average molecular weight is 245 g/mol. The summed E-state index contributed by atoms with van der Waals surface area (Å²) in [6.45, 7) is 0.296. The Hall–Kier alpha value is -0.860. The summed E-state index contributed by atoms with van der Waals surface area (Å²) >= 11 is 0. The Morgan fingerprint density at radius 3 is 2.17 bits per heavy atom. The maximum absolute atomic E-state index is 9.45. The Balaban J connectivity index is 1.99. The SMILES string of the molecule is CNC1(CCO)C2CCC1Cc1ccccc1C2. The Bertz CT molecular complexity index is 396. The molecule has 2 heteroatoms. The Morgan fingerprint density at radius 2 is 1.72 bits per heavy atom. The third kappa shape index (κ3) is 1.70. The molecule has 1 aromatic rings. The third-order valence-electron chi connectivity index (χ3n) is 5.36. The molecule has 0 saturated heterocycles. The lowest BCUT2D eigenvalue weighted by Gasteiger charge is -2.39. The molecule has 2 N–H and O–H groups in total. The number of benzene rings is 1. The van der Waals surface area contributed by atoms with Crippen LogP contribution >= 0.6 is 0 Å². The van der Waals surface area contributed by atoms with Gasteiger partial charge >= 0.3 is 0 Å². The van der Waals surface area contributed by atoms with Crippen molar-refractivity contribution < 1.29 is 5.11 Å². The molecule has 2 atom stereocenters. The second-order valence-electron chi connectivity index (χ2n) is 5.91. The molecule has 1 fully saturated rings. The second kappa shape index (κ2) is 4.67. The fourth-order valence-corrected chi connectivity index (χ4v) is 4.43. The van der Waals surface area contributed by atoms with Gasteiger partial charge in [-0.2, -0.15) is 0 Å². The van der Waals surface area contributed by atoms with Crippen molar-refractivity contribution in [1.29, 1.82) is 0 Å². The summed E-state index contributed by atoms with van der Waals surface area (Å²) in [5.41, 5.74) is 3.22. The van der Waals surface area contributed by atoms with Crippen LogP contribution in [0.3, 0.4) is 0 Å². The summed E-state index contributed by atoms with van der Waals surface area (Å²) in [7, 11) is 2.08. The number of aliphatic hydroxyl groups excluding tert-OH is 1. The van der Waals surface area contributed by atoms with Crippen molar-refractivity contribution in [3.63, 3.8) is 0 Å². The van der Waals surface area contributed by atoms with Crippen LogP contribution in [0.25, 0.3) is 0 Å². The van der Waals surface area contributed by atoms with Gasteiger partial charge in [0.05, 0.1) is 0 Å². The van der Waals surface area contributed by atoms with E-state index in [2.05, 4.69) is 36.6 Å². The third-order valence-corrected chi connectivity index (χ3v) is 5.36. The molecule has 1 saturated carbocycles. The highest BCUT2D eigenvalue weighted by atomic mass is 16.3. The van der Waals surface area contributed by atoms with Gasteiger partial charge in [-0.3, -0.25) is 0 Å². The molecule has 18 heavy (non-hydrogen) atoms. The highest BCUT2D eigenvalue weighted by Gasteiger charge is 2.49. The summed E-state index contributed by atoms with van der Waals surface area (Å²) < 4.78 is 0. The zero-order valence-electron chi connectivity index (χ0n) is 11.2. The van der Waals surface area contributed by atoms with Gasteiger partial charge in [-0.15, -0.1) is 0 Å². The first-order valence-electron chi connectivity index (χ1n) is 7.16. The van der Waals surface area contributed by atoms with E-state index < -0.39 is 0 Å². The van der Waals surface area contributed by atoms with Gasteiger partial charge in [-0.25, -0.2) is 0 Å². The molecular weight excluding hydrogens is 222 g/mol. The molecule has 2 unspecified atom stereocenters. The van der Waals surface area contributed by atoms with E-state index >= 15 is 0 Å². The van der Waals surface area contributed by atoms with Crippen LogP contribution in [0.15, 0.2) is 24.3 Å². The molecule has 0 amide bonds. The Kier molecular flexibility index (Phi) is 3.16. The highest BCUT2D eigenvalue weighted by Crippen LogP contribution is 2.48. The minimum Gasteiger partial charge on any atom is -0.396 e. The molecule has 98 valence electrons. The van der Waals surface area contributed by atoms with E-state index in [1.54, 1.807) is 0 Å². The zero-order chi connectivity index (χ0) is 12.6. The molecule has 2 aliphatic rings. The van der Waals surface area contributed by atoms with Crippen LogP contribution in [-0.4, -0.2) is 24.3 Å². The van der Waals surface area contributed by atoms with Crippen LogP contribution in [0.2, 0.25) is 0 Å². The number of nitrogens with one attached hydrogen (secondary N) is 1. The number of aliphatic hydroxyl groups is 1. The Labute approximate surface area is 109 Å². The Morgan fingerprint density at radius 1 is 1.17 bits per heavy atom. The van der Waals surface area contributed by atoms with E-state index in [4.69, 9.17) is 0 Å². The van der Waals surface area contributed by atoms with Gasteiger partial charge in [0.2, 0.25) is 0 Å². The van der Waals surface area contributed by atoms with Gasteiger partial charge in [0.1, 0.15) is 0 Å². The predicted octanol–water partition coefficient (Wildman–Crippen LogP) is 2.15. The van der Waals surface area contributed by atoms with Gasteiger partial charge in [0.15, 0.2) is 0 Å². The molecule has 0 radical (unpaired) electrons. The smallest absolute Gasteiger partial charge is 0.0448 e. The van der Waals surface area contributed by atoms with E-state index in [1.807, 2.05) is 0 Å². The first kappa shape index (κ1) is 12.2. The van der Waals surface area contributed by atoms with Crippen molar-refractivity contribution in [2.24, 2.45) is 11.8 Å². The maximum atomic E-state index is 9.45. The van der Waals surface area contributed by atoms with Crippen molar-refractivity contribution >= 4 is 0 Å². The van der Waals surface area contributed by atoms with Gasteiger partial charge in [0, 0.05) is 12.1 Å². The molecule has 0 aliphatic heterocycles. The highest BCUT2D eigenvalue weighted by molar-refractivity contribution is 5.32. The van der Waals surface area contributed by atoms with Crippen molar-refractivity contribution in [3.05, 3.63) is 35.4 Å². The second-order valence-corrected chi connectivity index (χ2v) is 5.91. The minimum atomic E-state index is 0.160. The van der Waals surface area contributed by atoms with E-state index in [1.165, 1.54) is 36.8 Å². The largest absolute Gasteiger partial charge is 0.396 e. The lowest BCUT2D eigenvalue weighted by Crippen LogP contribution is -2.52. The van der Waals surface area contributed by atoms with Crippen LogP contribution in [0.1, 0.15) is 30.4 Å². The maximum Gasteiger partial charge on any atom is 0.0448 e. The number of hydrogen-bond donors (Lipinski definition) is 2. The molecule has 0 spiro atoms. The van der Waals surface area contributed by atoms with Crippen LogP contribution in [0, 0.1) is 11.8 Å². The summed E-state index contributed by atoms with van der Waals surface area (Å²) in [5, 5.41) is 13.0. The molecule has 2 bridgehead atoms. The van der Waals surface area contributed by atoms with E-state index in [0.29, 0.717) is 18.4 Å². The molecule has 0 aromatic heterocycles. The first-order valence-corrected chi connectivity index (χ1v) is 7.16. The van der Waals surface area contributed by atoms with Crippen LogP contribution in [0.5, 0.6) is 0 Å². The number of hydrogen-bond acceptors (Lipinski definition) is 2. The van der Waals surface area contributed by atoms with Crippen LogP contribution in [0.4, 0.5) is 0 Å². The predicted molar refractivity (Wildman–Crippen MR) is 73.6 cm³/mol. The minimum absolute atomic E-state index is 0.160. The van der Waals surface area contributed by atoms with Crippen molar-refractivity contribution in [1.82, 2.24) is 5.32 Å². The van der Waals surface area contributed by atoms with Crippen molar-refractivity contribution in [2.75, 3.05) is 13.7 Å². The standard InChI is InChI=1S/C16H23NO/c1-17-16(8-9-18)14-6-7-15(16)11-13-5-3-2-4-12(13)10-14/h2-5,14-15,17-18H,6-11H2,1H3. The van der Waals surface area contributed by atoms with Crippen LogP contribution in [-0.2, 0) is 12.8 Å². The van der Waals surface area contributed by atoms with E-state index in [9.17, 15) is 5.11 Å². The first-order chi connectivity index (χ1) is 8.80. The van der Waals surface area contributed by atoms with Crippen molar-refractivity contribution in [2.45, 2.75) is 37.6 Å². The fourth-order valence-electron chi connectivity index (χ4n) is 4.43. The topological polar surface area (TPSA) is 32.3 Å². The normalized spacial score (nSPS) is 34.1. The molecule has 2 nitrogen and oxygen atoms in total. The summed E-state index contributed by atoms with van der Waals surface area (Å²) in [5.74, 6) is 1.37. The molecule has 1 aromatic carbocycles. The number of rotatable bonds is 3. The fraction of sp³-hybridized carbons (Fsp3) is 0.625. The summed E-state index contributed by atoms with van der Waals surface area (Å²) in [6.07, 6.45) is 5.85. The molecule has 3 rings (SSSR count). The quantitative estimate of drug-likeness (QED) is 0.855. The molecular formula is C16H23NO.